The zero-order chi connectivity index (χ0) is 24.3. The van der Waals surface area contributed by atoms with Crippen LogP contribution in [0.15, 0.2) is 78.0 Å². The maximum absolute atomic E-state index is 13.7. The first-order valence-electron chi connectivity index (χ1n) is 11.2. The fourth-order valence-electron chi connectivity index (χ4n) is 4.16. The van der Waals surface area contributed by atoms with Gasteiger partial charge in [0.15, 0.2) is 5.65 Å². The molecule has 0 N–H and O–H groups in total. The van der Waals surface area contributed by atoms with Gasteiger partial charge in [-0.25, -0.2) is 17.4 Å². The number of aryl methyl sites for hydroxylation is 1. The molecule has 0 atom stereocenters. The second-order valence-corrected chi connectivity index (χ2v) is 11.5. The predicted octanol–water partition coefficient (Wildman–Crippen LogP) is 4.55. The Morgan fingerprint density at radius 2 is 1.50 bits per heavy atom. The van der Waals surface area contributed by atoms with E-state index in [2.05, 4.69) is 4.98 Å². The number of aromatic nitrogens is 2. The van der Waals surface area contributed by atoms with Crippen LogP contribution in [0.5, 0.6) is 0 Å². The molecule has 1 saturated heterocycles. The van der Waals surface area contributed by atoms with Crippen LogP contribution in [0.2, 0.25) is 0 Å². The minimum atomic E-state index is -3.88. The molecule has 1 aliphatic heterocycles. The molecule has 5 rings (SSSR count). The Hall–Kier alpha value is -2.94. The number of hydrogen-bond donors (Lipinski definition) is 0. The van der Waals surface area contributed by atoms with Crippen molar-refractivity contribution < 1.29 is 17.7 Å². The van der Waals surface area contributed by atoms with E-state index < -0.39 is 28.3 Å². The average molecular weight is 474 g/mol. The van der Waals surface area contributed by atoms with Crippen LogP contribution in [0.4, 0.5) is 0 Å². The Bertz CT molecular complexity index is 1460. The lowest BCUT2D eigenvalue weighted by Crippen LogP contribution is -2.41. The molecule has 34 heavy (non-hydrogen) atoms. The molecule has 8 heteroatoms. The van der Waals surface area contributed by atoms with Gasteiger partial charge < -0.3 is 9.31 Å². The second kappa shape index (κ2) is 7.80. The molecule has 0 saturated carbocycles. The standard InChI is InChI=1S/C26H27BN2O4S/c1-18-11-13-20(14-12-18)34(30,31)29-17-21(19-9-7-6-8-10-19)23-22(15-16-28-24(23)29)27-32-25(2,3)26(4,5)33-27/h6-17H,1-5H3. The van der Waals surface area contributed by atoms with Crippen LogP contribution in [-0.2, 0) is 19.3 Å². The van der Waals surface area contributed by atoms with Crippen LogP contribution in [0, 0.1) is 6.92 Å². The zero-order valence-corrected chi connectivity index (χ0v) is 20.8. The van der Waals surface area contributed by atoms with Crippen molar-refractivity contribution in [3.63, 3.8) is 0 Å². The average Bonchev–Trinajstić information content (AvgIpc) is 3.29. The molecule has 1 aliphatic rings. The highest BCUT2D eigenvalue weighted by Crippen LogP contribution is 2.38. The minimum absolute atomic E-state index is 0.206. The van der Waals surface area contributed by atoms with E-state index >= 15 is 0 Å². The van der Waals surface area contributed by atoms with Crippen molar-refractivity contribution in [1.82, 2.24) is 8.96 Å². The highest BCUT2D eigenvalue weighted by Gasteiger charge is 2.52. The van der Waals surface area contributed by atoms with Gasteiger partial charge >= 0.3 is 7.12 Å². The zero-order valence-electron chi connectivity index (χ0n) is 19.9. The maximum atomic E-state index is 13.7. The van der Waals surface area contributed by atoms with Gasteiger partial charge in [0.05, 0.1) is 16.1 Å². The lowest BCUT2D eigenvalue weighted by molar-refractivity contribution is 0.00578. The summed E-state index contributed by atoms with van der Waals surface area (Å²) in [6.45, 7) is 9.91. The van der Waals surface area contributed by atoms with Crippen LogP contribution in [-0.4, -0.2) is 35.7 Å². The van der Waals surface area contributed by atoms with Gasteiger partial charge in [-0.1, -0.05) is 48.0 Å². The smallest absolute Gasteiger partial charge is 0.399 e. The molecule has 0 spiro atoms. The summed E-state index contributed by atoms with van der Waals surface area (Å²) in [5, 5.41) is 0.697. The molecule has 0 amide bonds. The van der Waals surface area contributed by atoms with Gasteiger partial charge in [0.25, 0.3) is 10.0 Å². The Labute approximate surface area is 200 Å². The van der Waals surface area contributed by atoms with Crippen molar-refractivity contribution in [2.75, 3.05) is 0 Å². The van der Waals surface area contributed by atoms with E-state index in [0.29, 0.717) is 11.0 Å². The van der Waals surface area contributed by atoms with Crippen LogP contribution in [0.3, 0.4) is 0 Å². The molecule has 2 aromatic carbocycles. The lowest BCUT2D eigenvalue weighted by atomic mass is 9.76. The largest absolute Gasteiger partial charge is 0.495 e. The van der Waals surface area contributed by atoms with Gasteiger partial charge in [0, 0.05) is 23.3 Å². The lowest BCUT2D eigenvalue weighted by Gasteiger charge is -2.32. The number of hydrogen-bond acceptors (Lipinski definition) is 5. The van der Waals surface area contributed by atoms with Crippen molar-refractivity contribution in [3.05, 3.63) is 78.6 Å². The molecule has 0 radical (unpaired) electrons. The number of rotatable bonds is 4. The first-order valence-corrected chi connectivity index (χ1v) is 12.7. The predicted molar refractivity (Wildman–Crippen MR) is 135 cm³/mol. The highest BCUT2D eigenvalue weighted by atomic mass is 32.2. The Morgan fingerprint density at radius 1 is 0.882 bits per heavy atom. The number of pyridine rings is 1. The monoisotopic (exact) mass is 474 g/mol. The quantitative estimate of drug-likeness (QED) is 0.406. The molecule has 4 aromatic rings. The Kier molecular flexibility index (Phi) is 5.24. The number of benzene rings is 2. The van der Waals surface area contributed by atoms with Crippen molar-refractivity contribution in [1.29, 1.82) is 0 Å². The third-order valence-corrected chi connectivity index (χ3v) is 8.52. The number of nitrogens with zero attached hydrogens (tertiary/aromatic N) is 2. The van der Waals surface area contributed by atoms with Crippen molar-refractivity contribution >= 4 is 33.6 Å². The van der Waals surface area contributed by atoms with Crippen molar-refractivity contribution in [2.24, 2.45) is 0 Å². The van der Waals surface area contributed by atoms with E-state index in [1.807, 2.05) is 71.0 Å². The summed E-state index contributed by atoms with van der Waals surface area (Å²) < 4.78 is 41.3. The molecule has 0 aliphatic carbocycles. The molecule has 2 aromatic heterocycles. The van der Waals surface area contributed by atoms with Gasteiger partial charge in [-0.15, -0.1) is 0 Å². The maximum Gasteiger partial charge on any atom is 0.495 e. The highest BCUT2D eigenvalue weighted by molar-refractivity contribution is 7.90. The first kappa shape index (κ1) is 22.8. The van der Waals surface area contributed by atoms with Crippen LogP contribution < -0.4 is 5.46 Å². The van der Waals surface area contributed by atoms with E-state index in [1.54, 1.807) is 36.7 Å². The van der Waals surface area contributed by atoms with Gasteiger partial charge in [-0.3, -0.25) is 0 Å². The summed E-state index contributed by atoms with van der Waals surface area (Å²) in [6.07, 6.45) is 3.26. The van der Waals surface area contributed by atoms with Crippen molar-refractivity contribution in [2.45, 2.75) is 50.7 Å². The normalized spacial score (nSPS) is 17.4. The second-order valence-electron chi connectivity index (χ2n) is 9.71. The summed E-state index contributed by atoms with van der Waals surface area (Å²) >= 11 is 0. The number of fused-ring (bicyclic) bond motifs is 1. The molecular weight excluding hydrogens is 447 g/mol. The molecule has 0 unspecified atom stereocenters. The van der Waals surface area contributed by atoms with Gasteiger partial charge in [-0.05, 0) is 63.8 Å². The summed E-state index contributed by atoms with van der Waals surface area (Å²) in [4.78, 5) is 4.72. The SMILES string of the molecule is Cc1ccc(S(=O)(=O)n2cc(-c3ccccc3)c3c(B4OC(C)(C)C(C)(C)O4)ccnc32)cc1. The van der Waals surface area contributed by atoms with E-state index in [9.17, 15) is 8.42 Å². The minimum Gasteiger partial charge on any atom is -0.399 e. The van der Waals surface area contributed by atoms with E-state index in [4.69, 9.17) is 9.31 Å². The Balaban J connectivity index is 1.77. The third-order valence-electron chi connectivity index (χ3n) is 6.86. The van der Waals surface area contributed by atoms with E-state index in [1.165, 1.54) is 3.97 Å². The van der Waals surface area contributed by atoms with Crippen LogP contribution in [0.1, 0.15) is 33.3 Å². The van der Waals surface area contributed by atoms with Gasteiger partial charge in [0.1, 0.15) is 0 Å². The summed E-state index contributed by atoms with van der Waals surface area (Å²) in [7, 11) is -4.54. The molecule has 6 nitrogen and oxygen atoms in total. The third kappa shape index (κ3) is 3.57. The van der Waals surface area contributed by atoms with Crippen molar-refractivity contribution in [3.8, 4) is 11.1 Å². The first-order chi connectivity index (χ1) is 16.0. The molecule has 1 fully saturated rings. The summed E-state index contributed by atoms with van der Waals surface area (Å²) in [5.74, 6) is 0. The molecule has 174 valence electrons. The van der Waals surface area contributed by atoms with Crippen LogP contribution in [0.25, 0.3) is 22.2 Å². The molecular formula is C26H27BN2O4S. The fourth-order valence-corrected chi connectivity index (χ4v) is 5.48. The summed E-state index contributed by atoms with van der Waals surface area (Å²) in [6, 6.07) is 18.4. The topological polar surface area (TPSA) is 70.4 Å². The van der Waals surface area contributed by atoms with Gasteiger partial charge in [0.2, 0.25) is 0 Å². The molecule has 0 bridgehead atoms. The van der Waals surface area contributed by atoms with E-state index in [0.717, 1.165) is 22.2 Å². The molecule has 3 heterocycles. The van der Waals surface area contributed by atoms with Crippen LogP contribution >= 0.6 is 0 Å². The summed E-state index contributed by atoms with van der Waals surface area (Å²) in [5.41, 5.74) is 2.66. The Morgan fingerprint density at radius 3 is 2.12 bits per heavy atom. The van der Waals surface area contributed by atoms with E-state index in [-0.39, 0.29) is 4.90 Å². The fraction of sp³-hybridized carbons (Fsp3) is 0.269. The van der Waals surface area contributed by atoms with Gasteiger partial charge in [-0.2, -0.15) is 0 Å².